The zero-order valence-corrected chi connectivity index (χ0v) is 12.1. The number of aromatic nitrogens is 2. The molecule has 2 rings (SSSR count). The van der Waals surface area contributed by atoms with Crippen molar-refractivity contribution < 1.29 is 4.74 Å². The van der Waals surface area contributed by atoms with Gasteiger partial charge < -0.3 is 10.1 Å². The number of nitrogens with zero attached hydrogens (tertiary/aromatic N) is 2. The Labute approximate surface area is 116 Å². The molecule has 19 heavy (non-hydrogen) atoms. The number of ether oxygens (including phenoxy) is 1. The first kappa shape index (κ1) is 14.1. The minimum atomic E-state index is 0.549. The minimum absolute atomic E-state index is 0.549. The summed E-state index contributed by atoms with van der Waals surface area (Å²) in [4.78, 5) is 8.42. The molecule has 1 aliphatic carbocycles. The average molecular weight is 263 g/mol. The second kappa shape index (κ2) is 7.31. The first-order valence-electron chi connectivity index (χ1n) is 7.53. The standard InChI is InChI=1S/C15H25N3O/c1-3-8-19-15-10-14(16-11-17-15)18-13-7-5-6-12(4-2)9-13/h10-13H,3-9H2,1-2H3,(H,16,17,18). The second-order valence-electron chi connectivity index (χ2n) is 5.37. The van der Waals surface area contributed by atoms with Crippen LogP contribution in [0.25, 0.3) is 0 Å². The highest BCUT2D eigenvalue weighted by molar-refractivity contribution is 5.38. The van der Waals surface area contributed by atoms with Crippen molar-refractivity contribution in [3.05, 3.63) is 12.4 Å². The molecule has 0 spiro atoms. The van der Waals surface area contributed by atoms with E-state index in [1.807, 2.05) is 6.07 Å². The fraction of sp³-hybridized carbons (Fsp3) is 0.733. The maximum Gasteiger partial charge on any atom is 0.218 e. The molecule has 1 aliphatic rings. The first-order valence-corrected chi connectivity index (χ1v) is 7.53. The van der Waals surface area contributed by atoms with Crippen molar-refractivity contribution >= 4 is 5.82 Å². The topological polar surface area (TPSA) is 47.0 Å². The highest BCUT2D eigenvalue weighted by Crippen LogP contribution is 2.28. The molecule has 1 fully saturated rings. The Morgan fingerprint density at radius 2 is 2.21 bits per heavy atom. The van der Waals surface area contributed by atoms with Crippen LogP contribution in [0.1, 0.15) is 52.4 Å². The molecule has 0 aromatic carbocycles. The molecule has 1 N–H and O–H groups in total. The molecule has 1 aromatic rings. The van der Waals surface area contributed by atoms with E-state index in [0.717, 1.165) is 18.2 Å². The van der Waals surface area contributed by atoms with Crippen LogP contribution in [0.5, 0.6) is 5.88 Å². The fourth-order valence-electron chi connectivity index (χ4n) is 2.71. The van der Waals surface area contributed by atoms with E-state index in [0.29, 0.717) is 18.5 Å². The van der Waals surface area contributed by atoms with E-state index in [9.17, 15) is 0 Å². The quantitative estimate of drug-likeness (QED) is 0.851. The summed E-state index contributed by atoms with van der Waals surface area (Å²) in [5, 5.41) is 3.53. The summed E-state index contributed by atoms with van der Waals surface area (Å²) in [7, 11) is 0. The van der Waals surface area contributed by atoms with Gasteiger partial charge >= 0.3 is 0 Å². The molecule has 1 heterocycles. The third-order valence-electron chi connectivity index (χ3n) is 3.81. The van der Waals surface area contributed by atoms with E-state index in [2.05, 4.69) is 29.1 Å². The Balaban J connectivity index is 1.90. The molecule has 0 aliphatic heterocycles. The van der Waals surface area contributed by atoms with Gasteiger partial charge in [-0.25, -0.2) is 9.97 Å². The van der Waals surface area contributed by atoms with Gasteiger partial charge in [0.25, 0.3) is 0 Å². The maximum atomic E-state index is 5.54. The summed E-state index contributed by atoms with van der Waals surface area (Å²) < 4.78 is 5.54. The molecule has 4 nitrogen and oxygen atoms in total. The molecule has 0 bridgehead atoms. The lowest BCUT2D eigenvalue weighted by molar-refractivity contribution is 0.304. The van der Waals surface area contributed by atoms with Gasteiger partial charge in [0.2, 0.25) is 5.88 Å². The van der Waals surface area contributed by atoms with Gasteiger partial charge in [-0.1, -0.05) is 33.1 Å². The molecule has 0 saturated heterocycles. The lowest BCUT2D eigenvalue weighted by Gasteiger charge is -2.29. The Morgan fingerprint density at radius 3 is 3.00 bits per heavy atom. The number of hydrogen-bond acceptors (Lipinski definition) is 4. The summed E-state index contributed by atoms with van der Waals surface area (Å²) in [6, 6.07) is 2.46. The molecule has 0 amide bonds. The first-order chi connectivity index (χ1) is 9.31. The van der Waals surface area contributed by atoms with Crippen LogP contribution in [0.4, 0.5) is 5.82 Å². The average Bonchev–Trinajstić information content (AvgIpc) is 2.46. The van der Waals surface area contributed by atoms with Crippen molar-refractivity contribution in [1.82, 2.24) is 9.97 Å². The van der Waals surface area contributed by atoms with Crippen LogP contribution in [0.2, 0.25) is 0 Å². The predicted octanol–water partition coefficient (Wildman–Crippen LogP) is 3.65. The predicted molar refractivity (Wildman–Crippen MR) is 77.5 cm³/mol. The van der Waals surface area contributed by atoms with Crippen LogP contribution in [-0.2, 0) is 0 Å². The lowest BCUT2D eigenvalue weighted by Crippen LogP contribution is -2.27. The van der Waals surface area contributed by atoms with Gasteiger partial charge in [-0.3, -0.25) is 0 Å². The molecule has 1 aromatic heterocycles. The normalized spacial score (nSPS) is 23.1. The van der Waals surface area contributed by atoms with Crippen LogP contribution in [0.3, 0.4) is 0 Å². The third-order valence-corrected chi connectivity index (χ3v) is 3.81. The number of hydrogen-bond donors (Lipinski definition) is 1. The van der Waals surface area contributed by atoms with Crippen LogP contribution in [-0.4, -0.2) is 22.6 Å². The minimum Gasteiger partial charge on any atom is -0.478 e. The Kier molecular flexibility index (Phi) is 5.43. The van der Waals surface area contributed by atoms with Crippen LogP contribution < -0.4 is 10.1 Å². The number of anilines is 1. The summed E-state index contributed by atoms with van der Waals surface area (Å²) >= 11 is 0. The van der Waals surface area contributed by atoms with Gasteiger partial charge in [-0.05, 0) is 25.2 Å². The third kappa shape index (κ3) is 4.37. The van der Waals surface area contributed by atoms with Gasteiger partial charge in [0, 0.05) is 12.1 Å². The van der Waals surface area contributed by atoms with Crippen molar-refractivity contribution in [1.29, 1.82) is 0 Å². The van der Waals surface area contributed by atoms with Crippen molar-refractivity contribution in [3.63, 3.8) is 0 Å². The molecule has 2 atom stereocenters. The Morgan fingerprint density at radius 1 is 1.32 bits per heavy atom. The number of rotatable bonds is 6. The smallest absolute Gasteiger partial charge is 0.218 e. The van der Waals surface area contributed by atoms with E-state index in [-0.39, 0.29) is 0 Å². The van der Waals surface area contributed by atoms with Crippen molar-refractivity contribution in [2.24, 2.45) is 5.92 Å². The summed E-state index contributed by atoms with van der Waals surface area (Å²) in [5.41, 5.74) is 0. The van der Waals surface area contributed by atoms with E-state index in [1.165, 1.54) is 32.1 Å². The van der Waals surface area contributed by atoms with Crippen LogP contribution in [0.15, 0.2) is 12.4 Å². The highest BCUT2D eigenvalue weighted by atomic mass is 16.5. The SMILES string of the molecule is CCCOc1cc(NC2CCCC(CC)C2)ncn1. The van der Waals surface area contributed by atoms with E-state index >= 15 is 0 Å². The molecule has 1 saturated carbocycles. The fourth-order valence-corrected chi connectivity index (χ4v) is 2.71. The molecule has 2 unspecified atom stereocenters. The van der Waals surface area contributed by atoms with E-state index in [4.69, 9.17) is 4.74 Å². The monoisotopic (exact) mass is 263 g/mol. The summed E-state index contributed by atoms with van der Waals surface area (Å²) in [6.07, 6.45) is 9.05. The van der Waals surface area contributed by atoms with Gasteiger partial charge in [0.05, 0.1) is 6.61 Å². The molecular weight excluding hydrogens is 238 g/mol. The van der Waals surface area contributed by atoms with Gasteiger partial charge in [0.1, 0.15) is 12.1 Å². The molecule has 0 radical (unpaired) electrons. The van der Waals surface area contributed by atoms with Gasteiger partial charge in [-0.2, -0.15) is 0 Å². The van der Waals surface area contributed by atoms with Gasteiger partial charge in [-0.15, -0.1) is 0 Å². The van der Waals surface area contributed by atoms with Crippen LogP contribution >= 0.6 is 0 Å². The van der Waals surface area contributed by atoms with E-state index in [1.54, 1.807) is 6.33 Å². The van der Waals surface area contributed by atoms with Crippen molar-refractivity contribution in [2.75, 3.05) is 11.9 Å². The van der Waals surface area contributed by atoms with E-state index < -0.39 is 0 Å². The second-order valence-corrected chi connectivity index (χ2v) is 5.37. The molecule has 106 valence electrons. The van der Waals surface area contributed by atoms with Gasteiger partial charge in [0.15, 0.2) is 0 Å². The highest BCUT2D eigenvalue weighted by Gasteiger charge is 2.20. The van der Waals surface area contributed by atoms with Crippen LogP contribution in [0, 0.1) is 5.92 Å². The molecule has 4 heteroatoms. The van der Waals surface area contributed by atoms with Crippen molar-refractivity contribution in [3.8, 4) is 5.88 Å². The molecular formula is C15H25N3O. The maximum absolute atomic E-state index is 5.54. The number of nitrogens with one attached hydrogen (secondary N) is 1. The summed E-state index contributed by atoms with van der Waals surface area (Å²) in [6.45, 7) is 5.08. The largest absolute Gasteiger partial charge is 0.478 e. The zero-order valence-electron chi connectivity index (χ0n) is 12.1. The zero-order chi connectivity index (χ0) is 13.5. The Bertz CT molecular complexity index is 383. The summed E-state index contributed by atoms with van der Waals surface area (Å²) in [5.74, 6) is 2.42. The Hall–Kier alpha value is -1.32. The van der Waals surface area contributed by atoms with Crippen molar-refractivity contribution in [2.45, 2.75) is 58.4 Å². The lowest BCUT2D eigenvalue weighted by atomic mass is 9.84.